The number of nitrogens with zero attached hydrogens (tertiary/aromatic N) is 1. The summed E-state index contributed by atoms with van der Waals surface area (Å²) in [5.41, 5.74) is 2.78. The Morgan fingerprint density at radius 2 is 1.91 bits per heavy atom. The lowest BCUT2D eigenvalue weighted by atomic mass is 9.87. The van der Waals surface area contributed by atoms with Gasteiger partial charge in [-0.05, 0) is 48.4 Å². The second kappa shape index (κ2) is 6.04. The first-order valence-electron chi connectivity index (χ1n) is 7.21. The summed E-state index contributed by atoms with van der Waals surface area (Å²) >= 11 is 1.63. The summed E-state index contributed by atoms with van der Waals surface area (Å²) < 4.78 is 10.7. The highest BCUT2D eigenvalue weighted by atomic mass is 32.1. The van der Waals surface area contributed by atoms with Gasteiger partial charge in [-0.2, -0.15) is 0 Å². The second-order valence-electron chi connectivity index (χ2n) is 5.41. The van der Waals surface area contributed by atoms with Crippen LogP contribution < -0.4 is 9.47 Å². The molecule has 1 aliphatic rings. The number of methoxy groups -OCH3 is 2. The predicted molar refractivity (Wildman–Crippen MR) is 90.2 cm³/mol. The van der Waals surface area contributed by atoms with Crippen LogP contribution in [0.15, 0.2) is 30.3 Å². The van der Waals surface area contributed by atoms with Crippen molar-refractivity contribution >= 4 is 16.9 Å². The van der Waals surface area contributed by atoms with E-state index < -0.39 is 6.04 Å². The summed E-state index contributed by atoms with van der Waals surface area (Å²) in [5, 5.41) is 11.3. The number of aryl methyl sites for hydroxylation is 1. The lowest BCUT2D eigenvalue weighted by Gasteiger charge is -2.21. The van der Waals surface area contributed by atoms with Crippen LogP contribution in [0.4, 0.5) is 0 Å². The van der Waals surface area contributed by atoms with Crippen molar-refractivity contribution in [3.63, 3.8) is 0 Å². The van der Waals surface area contributed by atoms with Crippen LogP contribution in [-0.2, 0) is 6.42 Å². The zero-order chi connectivity index (χ0) is 16.6. The smallest absolute Gasteiger partial charge is 0.236 e. The number of hydrogen-bond acceptors (Lipinski definition) is 5. The van der Waals surface area contributed by atoms with Crippen molar-refractivity contribution in [2.24, 2.45) is 0 Å². The molecule has 0 radical (unpaired) electrons. The Morgan fingerprint density at radius 1 is 1.22 bits per heavy atom. The highest BCUT2D eigenvalue weighted by Crippen LogP contribution is 2.41. The number of hydrogen-bond donors (Lipinski definition) is 0. The minimum absolute atomic E-state index is 0.236. The summed E-state index contributed by atoms with van der Waals surface area (Å²) in [6.07, 6.45) is 2.11. The van der Waals surface area contributed by atoms with Crippen molar-refractivity contribution in [2.45, 2.75) is 19.4 Å². The molecule has 1 aliphatic carbocycles. The minimum Gasteiger partial charge on any atom is -0.493 e. The van der Waals surface area contributed by atoms with E-state index in [9.17, 15) is 10.1 Å². The lowest BCUT2D eigenvalue weighted by Crippen LogP contribution is -2.24. The summed E-state index contributed by atoms with van der Waals surface area (Å²) in [4.78, 5) is 13.3. The molecule has 0 amide bonds. The Kier molecular flexibility index (Phi) is 4.09. The van der Waals surface area contributed by atoms with E-state index in [0.717, 1.165) is 21.6 Å². The minimum atomic E-state index is -0.724. The van der Waals surface area contributed by atoms with Crippen LogP contribution in [0.25, 0.3) is 5.57 Å². The van der Waals surface area contributed by atoms with Crippen molar-refractivity contribution < 1.29 is 14.4 Å². The molecule has 23 heavy (non-hydrogen) atoms. The third-order valence-corrected chi connectivity index (χ3v) is 5.00. The van der Waals surface area contributed by atoms with Gasteiger partial charge in [0.25, 0.3) is 0 Å². The number of benzene rings is 1. The van der Waals surface area contributed by atoms with Crippen LogP contribution in [-0.4, -0.2) is 25.2 Å². The fraction of sp³-hybridized carbons (Fsp3) is 0.294. The maximum absolute atomic E-state index is 11.3. The van der Waals surface area contributed by atoms with Gasteiger partial charge in [-0.15, -0.1) is 11.3 Å². The Bertz CT molecular complexity index is 794. The van der Waals surface area contributed by atoms with Crippen LogP contribution >= 0.6 is 11.3 Å². The molecule has 1 atom stereocenters. The molecule has 0 saturated carbocycles. The fourth-order valence-electron chi connectivity index (χ4n) is 2.84. The molecule has 0 spiro atoms. The van der Waals surface area contributed by atoms with E-state index in [2.05, 4.69) is 0 Å². The molecule has 5 nitrogen and oxygen atoms in total. The summed E-state index contributed by atoms with van der Waals surface area (Å²) in [5.74, 6) is 1.22. The average molecular weight is 331 g/mol. The summed E-state index contributed by atoms with van der Waals surface area (Å²) in [6.45, 7) is 2.03. The first kappa shape index (κ1) is 15.6. The standard InChI is InChI=1S/C17H17NO4S/c1-10-4-5-17(23-10)14-8-12(18(19)20)6-11-7-15(21-2)16(22-3)9-13(11)14/h4-5,7-9,12H,6H2,1-3H3. The number of ether oxygens (including phenoxy) is 2. The Balaban J connectivity index is 2.19. The Labute approximate surface area is 138 Å². The van der Waals surface area contributed by atoms with Crippen LogP contribution in [0.5, 0.6) is 11.5 Å². The molecule has 1 aromatic heterocycles. The van der Waals surface area contributed by atoms with Gasteiger partial charge in [0.05, 0.1) is 14.2 Å². The van der Waals surface area contributed by atoms with Crippen molar-refractivity contribution in [1.29, 1.82) is 0 Å². The van der Waals surface area contributed by atoms with Crippen LogP contribution in [0.1, 0.15) is 20.9 Å². The molecular weight excluding hydrogens is 314 g/mol. The van der Waals surface area contributed by atoms with Crippen molar-refractivity contribution in [3.8, 4) is 11.5 Å². The molecule has 2 aromatic rings. The average Bonchev–Trinajstić information content (AvgIpc) is 2.98. The van der Waals surface area contributed by atoms with Gasteiger partial charge in [0.1, 0.15) is 0 Å². The van der Waals surface area contributed by atoms with Crippen molar-refractivity contribution in [1.82, 2.24) is 0 Å². The zero-order valence-corrected chi connectivity index (χ0v) is 14.0. The quantitative estimate of drug-likeness (QED) is 0.633. The summed E-state index contributed by atoms with van der Waals surface area (Å²) in [6, 6.07) is 7.06. The molecule has 120 valence electrons. The maximum Gasteiger partial charge on any atom is 0.236 e. The zero-order valence-electron chi connectivity index (χ0n) is 13.2. The number of thiophene rings is 1. The van der Waals surface area contributed by atoms with Gasteiger partial charge >= 0.3 is 0 Å². The van der Waals surface area contributed by atoms with E-state index in [1.807, 2.05) is 31.2 Å². The number of rotatable bonds is 4. The van der Waals surface area contributed by atoms with E-state index in [1.54, 1.807) is 31.6 Å². The van der Waals surface area contributed by atoms with E-state index in [0.29, 0.717) is 17.9 Å². The molecule has 0 N–H and O–H groups in total. The maximum atomic E-state index is 11.3. The number of fused-ring (bicyclic) bond motifs is 1. The SMILES string of the molecule is COc1cc2c(cc1OC)C(c1ccc(C)s1)=CC([N+](=O)[O-])C2. The third kappa shape index (κ3) is 2.82. The molecule has 1 heterocycles. The molecule has 0 fully saturated rings. The molecule has 0 saturated heterocycles. The third-order valence-electron chi connectivity index (χ3n) is 3.96. The Hall–Kier alpha value is -2.34. The molecule has 1 unspecified atom stereocenters. The summed E-state index contributed by atoms with van der Waals surface area (Å²) in [7, 11) is 3.16. The molecule has 1 aromatic carbocycles. The molecule has 0 aliphatic heterocycles. The van der Waals surface area contributed by atoms with Gasteiger partial charge in [0.2, 0.25) is 6.04 Å². The van der Waals surface area contributed by atoms with Crippen molar-refractivity contribution in [2.75, 3.05) is 14.2 Å². The van der Waals surface area contributed by atoms with Gasteiger partial charge in [0.15, 0.2) is 11.5 Å². The van der Waals surface area contributed by atoms with Crippen LogP contribution in [0, 0.1) is 17.0 Å². The monoisotopic (exact) mass is 331 g/mol. The normalized spacial score (nSPS) is 16.5. The van der Waals surface area contributed by atoms with Gasteiger partial charge in [-0.1, -0.05) is 0 Å². The fourth-order valence-corrected chi connectivity index (χ4v) is 3.74. The molecule has 0 bridgehead atoms. The number of nitro groups is 1. The van der Waals surface area contributed by atoms with Gasteiger partial charge in [-0.25, -0.2) is 0 Å². The largest absolute Gasteiger partial charge is 0.493 e. The van der Waals surface area contributed by atoms with Crippen LogP contribution in [0.3, 0.4) is 0 Å². The highest BCUT2D eigenvalue weighted by Gasteiger charge is 2.29. The lowest BCUT2D eigenvalue weighted by molar-refractivity contribution is -0.508. The second-order valence-corrected chi connectivity index (χ2v) is 6.70. The van der Waals surface area contributed by atoms with E-state index in [4.69, 9.17) is 9.47 Å². The van der Waals surface area contributed by atoms with E-state index >= 15 is 0 Å². The molecule has 6 heteroatoms. The van der Waals surface area contributed by atoms with E-state index in [-0.39, 0.29) is 4.92 Å². The van der Waals surface area contributed by atoms with Crippen LogP contribution in [0.2, 0.25) is 0 Å². The molecular formula is C17H17NO4S. The van der Waals surface area contributed by atoms with Gasteiger partial charge in [0, 0.05) is 26.7 Å². The first-order chi connectivity index (χ1) is 11.0. The van der Waals surface area contributed by atoms with E-state index in [1.165, 1.54) is 4.88 Å². The topological polar surface area (TPSA) is 61.6 Å². The van der Waals surface area contributed by atoms with Gasteiger partial charge < -0.3 is 9.47 Å². The first-order valence-corrected chi connectivity index (χ1v) is 8.02. The Morgan fingerprint density at radius 3 is 2.48 bits per heavy atom. The highest BCUT2D eigenvalue weighted by molar-refractivity contribution is 7.13. The predicted octanol–water partition coefficient (Wildman–Crippen LogP) is 3.71. The van der Waals surface area contributed by atoms with Crippen molar-refractivity contribution in [3.05, 3.63) is 61.3 Å². The van der Waals surface area contributed by atoms with Gasteiger partial charge in [-0.3, -0.25) is 10.1 Å². The molecule has 3 rings (SSSR count).